The molecule has 2 heterocycles. The molecule has 23 heavy (non-hydrogen) atoms. The van der Waals surface area contributed by atoms with E-state index in [1.54, 1.807) is 35.0 Å². The molecule has 0 N–H and O–H groups in total. The summed E-state index contributed by atoms with van der Waals surface area (Å²) in [4.78, 5) is 21.2. The molecule has 0 aliphatic carbocycles. The summed E-state index contributed by atoms with van der Waals surface area (Å²) in [6, 6.07) is 6.71. The van der Waals surface area contributed by atoms with Crippen LogP contribution in [0.2, 0.25) is 15.3 Å². The van der Waals surface area contributed by atoms with Crippen molar-refractivity contribution < 1.29 is 0 Å². The van der Waals surface area contributed by atoms with E-state index in [9.17, 15) is 4.79 Å². The van der Waals surface area contributed by atoms with E-state index in [0.717, 1.165) is 0 Å². The van der Waals surface area contributed by atoms with Crippen molar-refractivity contribution in [2.24, 2.45) is 0 Å². The molecule has 0 spiro atoms. The maximum atomic E-state index is 13.0. The summed E-state index contributed by atoms with van der Waals surface area (Å²) in [5, 5.41) is 1.61. The zero-order valence-electron chi connectivity index (χ0n) is 12.3. The van der Waals surface area contributed by atoms with Crippen LogP contribution in [0.5, 0.6) is 0 Å². The number of halogens is 3. The summed E-state index contributed by atoms with van der Waals surface area (Å²) in [5.41, 5.74) is 1.17. The van der Waals surface area contributed by atoms with Gasteiger partial charge < -0.3 is 0 Å². The average Bonchev–Trinajstić information content (AvgIpc) is 2.47. The highest BCUT2D eigenvalue weighted by Gasteiger charge is 2.18. The van der Waals surface area contributed by atoms with Crippen LogP contribution in [0.15, 0.2) is 35.3 Å². The van der Waals surface area contributed by atoms with Crippen molar-refractivity contribution in [2.45, 2.75) is 19.9 Å². The Hall–Kier alpha value is -1.62. The standard InChI is InChI=1S/C16H12Cl3N3O/c1-8(2)22-14-9(7-20-16(19)21-14)6-10(15(22)23)13-11(17)4-3-5-12(13)18/h3-8H,1-2H3. The summed E-state index contributed by atoms with van der Waals surface area (Å²) in [6.45, 7) is 3.80. The van der Waals surface area contributed by atoms with E-state index in [1.807, 2.05) is 13.8 Å². The van der Waals surface area contributed by atoms with Gasteiger partial charge in [0, 0.05) is 23.2 Å². The number of hydrogen-bond acceptors (Lipinski definition) is 3. The number of benzene rings is 1. The third-order valence-electron chi connectivity index (χ3n) is 3.49. The average molecular weight is 369 g/mol. The van der Waals surface area contributed by atoms with Crippen LogP contribution in [0.4, 0.5) is 0 Å². The van der Waals surface area contributed by atoms with Crippen molar-refractivity contribution in [3.05, 3.63) is 56.1 Å². The third-order valence-corrected chi connectivity index (χ3v) is 4.30. The zero-order valence-corrected chi connectivity index (χ0v) is 14.6. The van der Waals surface area contributed by atoms with E-state index in [4.69, 9.17) is 34.8 Å². The van der Waals surface area contributed by atoms with Crippen molar-refractivity contribution in [2.75, 3.05) is 0 Å². The molecule has 0 amide bonds. The van der Waals surface area contributed by atoms with Crippen LogP contribution in [0, 0.1) is 0 Å². The lowest BCUT2D eigenvalue weighted by molar-refractivity contribution is 0.596. The molecular weight excluding hydrogens is 357 g/mol. The largest absolute Gasteiger partial charge is 0.289 e. The number of fused-ring (bicyclic) bond motifs is 1. The van der Waals surface area contributed by atoms with Gasteiger partial charge in [0.05, 0.1) is 15.6 Å². The van der Waals surface area contributed by atoms with E-state index in [2.05, 4.69) is 9.97 Å². The molecule has 3 rings (SSSR count). The first-order chi connectivity index (χ1) is 10.9. The highest BCUT2D eigenvalue weighted by atomic mass is 35.5. The smallest absolute Gasteiger partial charge is 0.260 e. The first-order valence-electron chi connectivity index (χ1n) is 6.92. The monoisotopic (exact) mass is 367 g/mol. The van der Waals surface area contributed by atoms with Crippen molar-refractivity contribution >= 4 is 45.8 Å². The fourth-order valence-corrected chi connectivity index (χ4v) is 3.24. The SMILES string of the molecule is CC(C)n1c(=O)c(-c2c(Cl)cccc2Cl)cc2cnc(Cl)nc21. The van der Waals surface area contributed by atoms with Crippen LogP contribution in [-0.4, -0.2) is 14.5 Å². The molecule has 4 nitrogen and oxygen atoms in total. The molecule has 7 heteroatoms. The van der Waals surface area contributed by atoms with E-state index in [1.165, 1.54) is 0 Å². The minimum atomic E-state index is -0.225. The van der Waals surface area contributed by atoms with Gasteiger partial charge in [-0.25, -0.2) is 4.98 Å². The van der Waals surface area contributed by atoms with Crippen LogP contribution >= 0.6 is 34.8 Å². The topological polar surface area (TPSA) is 47.8 Å². The van der Waals surface area contributed by atoms with Crippen LogP contribution in [-0.2, 0) is 0 Å². The molecule has 0 atom stereocenters. The van der Waals surface area contributed by atoms with Gasteiger partial charge in [0.2, 0.25) is 5.28 Å². The molecule has 0 saturated carbocycles. The maximum absolute atomic E-state index is 13.0. The molecule has 0 aliphatic heterocycles. The van der Waals surface area contributed by atoms with Crippen LogP contribution in [0.3, 0.4) is 0 Å². The number of hydrogen-bond donors (Lipinski definition) is 0. The fourth-order valence-electron chi connectivity index (χ4n) is 2.51. The van der Waals surface area contributed by atoms with Gasteiger partial charge in [-0.15, -0.1) is 0 Å². The molecule has 1 aromatic carbocycles. The maximum Gasteiger partial charge on any atom is 0.260 e. The fraction of sp³-hybridized carbons (Fsp3) is 0.188. The summed E-state index contributed by atoms with van der Waals surface area (Å²) in [5.74, 6) is 0. The number of rotatable bonds is 2. The summed E-state index contributed by atoms with van der Waals surface area (Å²) in [7, 11) is 0. The molecule has 118 valence electrons. The second kappa shape index (κ2) is 6.11. The van der Waals surface area contributed by atoms with Crippen LogP contribution in [0.1, 0.15) is 19.9 Å². The van der Waals surface area contributed by atoms with E-state index < -0.39 is 0 Å². The first-order valence-corrected chi connectivity index (χ1v) is 8.05. The minimum absolute atomic E-state index is 0.0924. The van der Waals surface area contributed by atoms with Crippen molar-refractivity contribution in [3.63, 3.8) is 0 Å². The summed E-state index contributed by atoms with van der Waals surface area (Å²) >= 11 is 18.4. The summed E-state index contributed by atoms with van der Waals surface area (Å²) in [6.07, 6.45) is 1.58. The highest BCUT2D eigenvalue weighted by Crippen LogP contribution is 2.34. The van der Waals surface area contributed by atoms with Crippen molar-refractivity contribution in [1.29, 1.82) is 0 Å². The van der Waals surface area contributed by atoms with Gasteiger partial charge >= 0.3 is 0 Å². The molecule has 0 aliphatic rings. The third kappa shape index (κ3) is 2.82. The lowest BCUT2D eigenvalue weighted by atomic mass is 10.1. The van der Waals surface area contributed by atoms with Crippen molar-refractivity contribution in [3.8, 4) is 11.1 Å². The molecule has 0 saturated heterocycles. The Morgan fingerprint density at radius 3 is 2.39 bits per heavy atom. The minimum Gasteiger partial charge on any atom is -0.289 e. The Labute approximate surface area is 147 Å². The van der Waals surface area contributed by atoms with Gasteiger partial charge in [-0.2, -0.15) is 4.98 Å². The van der Waals surface area contributed by atoms with Gasteiger partial charge in [0.15, 0.2) is 0 Å². The second-order valence-electron chi connectivity index (χ2n) is 5.34. The van der Waals surface area contributed by atoms with Gasteiger partial charge in [-0.05, 0) is 43.6 Å². The number of aromatic nitrogens is 3. The Kier molecular flexibility index (Phi) is 4.32. The Morgan fingerprint density at radius 2 is 1.78 bits per heavy atom. The summed E-state index contributed by atoms with van der Waals surface area (Å²) < 4.78 is 1.57. The molecule has 0 radical (unpaired) electrons. The van der Waals surface area contributed by atoms with Gasteiger partial charge in [0.25, 0.3) is 5.56 Å². The first kappa shape index (κ1) is 16.2. The zero-order chi connectivity index (χ0) is 16.7. The predicted molar refractivity (Wildman–Crippen MR) is 94.6 cm³/mol. The van der Waals surface area contributed by atoms with Crippen LogP contribution in [0.25, 0.3) is 22.2 Å². The quantitative estimate of drug-likeness (QED) is 0.598. The normalized spacial score (nSPS) is 11.4. The van der Waals surface area contributed by atoms with Crippen LogP contribution < -0.4 is 5.56 Å². The molecule has 0 unspecified atom stereocenters. The number of nitrogens with zero attached hydrogens (tertiary/aromatic N) is 3. The molecule has 0 bridgehead atoms. The highest BCUT2D eigenvalue weighted by molar-refractivity contribution is 6.39. The van der Waals surface area contributed by atoms with Gasteiger partial charge in [0.1, 0.15) is 5.65 Å². The molecule has 3 aromatic rings. The van der Waals surface area contributed by atoms with E-state index in [0.29, 0.717) is 32.2 Å². The predicted octanol–water partition coefficient (Wildman–Crippen LogP) is 5.00. The van der Waals surface area contributed by atoms with Gasteiger partial charge in [-0.3, -0.25) is 9.36 Å². The molecule has 2 aromatic heterocycles. The van der Waals surface area contributed by atoms with E-state index >= 15 is 0 Å². The second-order valence-corrected chi connectivity index (χ2v) is 6.49. The number of pyridine rings is 1. The van der Waals surface area contributed by atoms with Gasteiger partial charge in [-0.1, -0.05) is 29.3 Å². The van der Waals surface area contributed by atoms with Crippen molar-refractivity contribution in [1.82, 2.24) is 14.5 Å². The van der Waals surface area contributed by atoms with E-state index in [-0.39, 0.29) is 16.9 Å². The Balaban J connectivity index is 2.47. The lowest BCUT2D eigenvalue weighted by Crippen LogP contribution is -2.24. The Morgan fingerprint density at radius 1 is 1.13 bits per heavy atom. The lowest BCUT2D eigenvalue weighted by Gasteiger charge is -2.16. The molecular formula is C16H12Cl3N3O. The Bertz CT molecular complexity index is 946. The molecule has 0 fully saturated rings.